The molecule has 0 bridgehead atoms. The molecule has 1 aliphatic rings. The molecule has 0 aliphatic carbocycles. The molecule has 10 heteroatoms. The Kier molecular flexibility index (Phi) is 6.71. The molecular weight excluding hydrogens is 536 g/mol. The third-order valence-electron chi connectivity index (χ3n) is 4.19. The van der Waals surface area contributed by atoms with E-state index in [2.05, 4.69) is 26.2 Å². The van der Waals surface area contributed by atoms with E-state index in [1.54, 1.807) is 18.2 Å². The summed E-state index contributed by atoms with van der Waals surface area (Å²) in [5.74, 6) is -0.136. The minimum Gasteiger partial charge on any atom is -0.378 e. The lowest BCUT2D eigenvalue weighted by molar-refractivity contribution is -0.115. The van der Waals surface area contributed by atoms with Crippen LogP contribution in [-0.4, -0.2) is 19.5 Å². The summed E-state index contributed by atoms with van der Waals surface area (Å²) < 4.78 is 30.6. The van der Waals surface area contributed by atoms with E-state index < -0.39 is 10.1 Å². The van der Waals surface area contributed by atoms with Crippen molar-refractivity contribution in [2.45, 2.75) is 4.90 Å². The molecule has 1 aliphatic heterocycles. The minimum atomic E-state index is -4.02. The zero-order valence-corrected chi connectivity index (χ0v) is 20.1. The number of amides is 1. The van der Waals surface area contributed by atoms with E-state index in [0.717, 1.165) is 5.69 Å². The van der Waals surface area contributed by atoms with Crippen LogP contribution in [0.5, 0.6) is 5.75 Å². The molecular formula is C22H14BrClN2O4S2. The van der Waals surface area contributed by atoms with Crippen LogP contribution < -0.4 is 9.50 Å². The Hall–Kier alpha value is -2.59. The van der Waals surface area contributed by atoms with Gasteiger partial charge in [0.1, 0.15) is 4.90 Å². The molecule has 3 aromatic rings. The number of carbonyl (C=O) groups is 1. The van der Waals surface area contributed by atoms with E-state index in [0.29, 0.717) is 25.1 Å². The van der Waals surface area contributed by atoms with Crippen LogP contribution in [0, 0.1) is 0 Å². The predicted octanol–water partition coefficient (Wildman–Crippen LogP) is 5.76. The fourth-order valence-electron chi connectivity index (χ4n) is 2.69. The van der Waals surface area contributed by atoms with Gasteiger partial charge in [-0.2, -0.15) is 8.42 Å². The predicted molar refractivity (Wildman–Crippen MR) is 131 cm³/mol. The van der Waals surface area contributed by atoms with Gasteiger partial charge in [-0.3, -0.25) is 4.79 Å². The van der Waals surface area contributed by atoms with Gasteiger partial charge in [-0.25, -0.2) is 4.99 Å². The third-order valence-corrected chi connectivity index (χ3v) is 7.22. The van der Waals surface area contributed by atoms with Gasteiger partial charge in [-0.15, -0.1) is 0 Å². The number of para-hydroxylation sites is 1. The lowest BCUT2D eigenvalue weighted by Gasteiger charge is -2.09. The van der Waals surface area contributed by atoms with Gasteiger partial charge in [0, 0.05) is 5.02 Å². The molecule has 0 spiro atoms. The summed E-state index contributed by atoms with van der Waals surface area (Å²) in [6.45, 7) is 0. The maximum Gasteiger partial charge on any atom is 0.339 e. The van der Waals surface area contributed by atoms with Crippen LogP contribution in [-0.2, 0) is 14.9 Å². The normalized spacial score (nSPS) is 16.4. The Morgan fingerprint density at radius 1 is 1.03 bits per heavy atom. The van der Waals surface area contributed by atoms with Crippen LogP contribution in [0.25, 0.3) is 6.08 Å². The van der Waals surface area contributed by atoms with Gasteiger partial charge in [0.2, 0.25) is 0 Å². The Bertz CT molecular complexity index is 1340. The monoisotopic (exact) mass is 548 g/mol. The second-order valence-electron chi connectivity index (χ2n) is 6.50. The molecule has 0 unspecified atom stereocenters. The first-order valence-electron chi connectivity index (χ1n) is 9.14. The van der Waals surface area contributed by atoms with Crippen LogP contribution in [0.2, 0.25) is 5.02 Å². The van der Waals surface area contributed by atoms with E-state index in [9.17, 15) is 13.2 Å². The first-order valence-corrected chi connectivity index (χ1v) is 12.5. The molecule has 162 valence electrons. The molecule has 0 aromatic heterocycles. The third kappa shape index (κ3) is 5.42. The van der Waals surface area contributed by atoms with Crippen molar-refractivity contribution < 1.29 is 17.4 Å². The quantitative estimate of drug-likeness (QED) is 0.323. The van der Waals surface area contributed by atoms with Gasteiger partial charge in [-0.1, -0.05) is 35.9 Å². The van der Waals surface area contributed by atoms with Gasteiger partial charge < -0.3 is 9.50 Å². The molecule has 4 rings (SSSR count). The largest absolute Gasteiger partial charge is 0.378 e. The van der Waals surface area contributed by atoms with Crippen LogP contribution in [0.15, 0.2) is 92.1 Å². The van der Waals surface area contributed by atoms with E-state index in [-0.39, 0.29) is 16.6 Å². The van der Waals surface area contributed by atoms with E-state index in [4.69, 9.17) is 15.8 Å². The molecule has 0 saturated carbocycles. The molecule has 1 fully saturated rings. The summed E-state index contributed by atoms with van der Waals surface area (Å²) in [6.07, 6.45) is 1.69. The van der Waals surface area contributed by atoms with Gasteiger partial charge in [0.05, 0.1) is 15.1 Å². The zero-order chi connectivity index (χ0) is 22.7. The van der Waals surface area contributed by atoms with Crippen molar-refractivity contribution in [3.05, 3.63) is 92.8 Å². The number of hydrogen-bond acceptors (Lipinski definition) is 6. The molecule has 1 heterocycles. The number of amidine groups is 1. The van der Waals surface area contributed by atoms with E-state index in [1.165, 1.54) is 42.1 Å². The average Bonchev–Trinajstić information content (AvgIpc) is 3.09. The number of rotatable bonds is 5. The zero-order valence-electron chi connectivity index (χ0n) is 16.2. The number of hydrogen-bond donors (Lipinski definition) is 1. The highest BCUT2D eigenvalue weighted by molar-refractivity contribution is 9.10. The smallest absolute Gasteiger partial charge is 0.339 e. The number of nitrogens with one attached hydrogen (secondary N) is 1. The molecule has 0 radical (unpaired) electrons. The Balaban J connectivity index is 1.52. The Morgan fingerprint density at radius 3 is 2.44 bits per heavy atom. The standard InChI is InChI=1S/C22H14BrClN2O4S2/c23-18-12-14(6-11-19(18)30-32(28,29)17-9-7-15(24)8-10-17)13-20-21(27)26-22(31-20)25-16-4-2-1-3-5-16/h1-13H,(H,25,26,27)/b20-13-. The molecule has 0 atom stereocenters. The summed E-state index contributed by atoms with van der Waals surface area (Å²) in [7, 11) is -4.02. The van der Waals surface area contributed by atoms with Gasteiger partial charge >= 0.3 is 10.1 Å². The molecule has 6 nitrogen and oxygen atoms in total. The van der Waals surface area contributed by atoms with Gasteiger partial charge in [0.15, 0.2) is 10.9 Å². The summed E-state index contributed by atoms with van der Waals surface area (Å²) in [6, 6.07) is 19.8. The molecule has 1 saturated heterocycles. The first kappa shape index (κ1) is 22.6. The second kappa shape index (κ2) is 9.50. The highest BCUT2D eigenvalue weighted by atomic mass is 79.9. The number of benzene rings is 3. The number of nitrogens with zero attached hydrogens (tertiary/aromatic N) is 1. The number of aliphatic imine (C=N–C) groups is 1. The molecule has 3 aromatic carbocycles. The van der Waals surface area contributed by atoms with Crippen molar-refractivity contribution in [3.8, 4) is 5.75 Å². The topological polar surface area (TPSA) is 84.8 Å². The van der Waals surface area contributed by atoms with Gasteiger partial charge in [0.25, 0.3) is 5.91 Å². The summed E-state index contributed by atoms with van der Waals surface area (Å²) in [5.41, 5.74) is 1.43. The summed E-state index contributed by atoms with van der Waals surface area (Å²) in [4.78, 5) is 17.2. The SMILES string of the molecule is O=C1NC(=Nc2ccccc2)S/C1=C\c1ccc(OS(=O)(=O)c2ccc(Cl)cc2)c(Br)c1. The van der Waals surface area contributed by atoms with E-state index in [1.807, 2.05) is 30.3 Å². The van der Waals surface area contributed by atoms with Crippen molar-refractivity contribution in [1.29, 1.82) is 0 Å². The van der Waals surface area contributed by atoms with Crippen molar-refractivity contribution in [2.24, 2.45) is 4.99 Å². The lowest BCUT2D eigenvalue weighted by Crippen LogP contribution is -2.19. The molecule has 1 N–H and O–H groups in total. The number of halogens is 2. The highest BCUT2D eigenvalue weighted by Gasteiger charge is 2.24. The van der Waals surface area contributed by atoms with Crippen LogP contribution in [0.1, 0.15) is 5.56 Å². The molecule has 32 heavy (non-hydrogen) atoms. The number of carbonyl (C=O) groups excluding carboxylic acids is 1. The Labute approximate surface area is 202 Å². The minimum absolute atomic E-state index is 0.00995. The number of thioether (sulfide) groups is 1. The Morgan fingerprint density at radius 2 is 1.75 bits per heavy atom. The van der Waals surface area contributed by atoms with Crippen molar-refractivity contribution in [1.82, 2.24) is 5.32 Å². The maximum atomic E-state index is 12.5. The fourth-order valence-corrected chi connectivity index (χ4v) is 5.19. The van der Waals surface area contributed by atoms with Gasteiger partial charge in [-0.05, 0) is 87.9 Å². The average molecular weight is 550 g/mol. The fraction of sp³-hybridized carbons (Fsp3) is 0. The van der Waals surface area contributed by atoms with Crippen molar-refractivity contribution in [3.63, 3.8) is 0 Å². The maximum absolute atomic E-state index is 12.5. The summed E-state index contributed by atoms with van der Waals surface area (Å²) in [5, 5.41) is 3.64. The first-order chi connectivity index (χ1) is 15.3. The van der Waals surface area contributed by atoms with E-state index >= 15 is 0 Å². The second-order valence-corrected chi connectivity index (χ2v) is 10.4. The summed E-state index contributed by atoms with van der Waals surface area (Å²) >= 11 is 10.4. The van der Waals surface area contributed by atoms with Crippen LogP contribution in [0.3, 0.4) is 0 Å². The highest BCUT2D eigenvalue weighted by Crippen LogP contribution is 2.32. The van der Waals surface area contributed by atoms with Crippen molar-refractivity contribution >= 4 is 72.2 Å². The van der Waals surface area contributed by atoms with Crippen LogP contribution in [0.4, 0.5) is 5.69 Å². The lowest BCUT2D eigenvalue weighted by atomic mass is 10.2. The van der Waals surface area contributed by atoms with Crippen molar-refractivity contribution in [2.75, 3.05) is 0 Å². The molecule has 1 amide bonds. The van der Waals surface area contributed by atoms with Crippen LogP contribution >= 0.6 is 39.3 Å².